The Hall–Kier alpha value is -2.08. The fourth-order valence-electron chi connectivity index (χ4n) is 1.75. The van der Waals surface area contributed by atoms with E-state index in [9.17, 15) is 0 Å². The summed E-state index contributed by atoms with van der Waals surface area (Å²) in [6, 6.07) is 5.62. The van der Waals surface area contributed by atoms with Gasteiger partial charge in [0.25, 0.3) is 0 Å². The SMILES string of the molecule is COc1ccc(Cc2nnc(CCN)o2)c(OC)c1. The van der Waals surface area contributed by atoms with Crippen molar-refractivity contribution in [1.82, 2.24) is 10.2 Å². The Morgan fingerprint density at radius 3 is 2.63 bits per heavy atom. The van der Waals surface area contributed by atoms with Crippen LogP contribution in [0.4, 0.5) is 0 Å². The fraction of sp³-hybridized carbons (Fsp3) is 0.385. The first-order chi connectivity index (χ1) is 9.26. The van der Waals surface area contributed by atoms with Gasteiger partial charge in [-0.15, -0.1) is 10.2 Å². The average Bonchev–Trinajstić information content (AvgIpc) is 2.87. The Kier molecular flexibility index (Phi) is 4.35. The van der Waals surface area contributed by atoms with Gasteiger partial charge in [0.1, 0.15) is 11.5 Å². The number of nitrogens with zero attached hydrogens (tertiary/aromatic N) is 2. The quantitative estimate of drug-likeness (QED) is 0.842. The van der Waals surface area contributed by atoms with Crippen LogP contribution in [-0.4, -0.2) is 31.0 Å². The van der Waals surface area contributed by atoms with Crippen LogP contribution in [0.5, 0.6) is 11.5 Å². The second-order valence-electron chi connectivity index (χ2n) is 3.98. The van der Waals surface area contributed by atoms with Gasteiger partial charge in [0.15, 0.2) is 0 Å². The molecular weight excluding hydrogens is 246 g/mol. The highest BCUT2D eigenvalue weighted by atomic mass is 16.5. The van der Waals surface area contributed by atoms with Crippen LogP contribution in [0.2, 0.25) is 0 Å². The fourth-order valence-corrected chi connectivity index (χ4v) is 1.75. The summed E-state index contributed by atoms with van der Waals surface area (Å²) in [6.07, 6.45) is 1.11. The Labute approximate surface area is 111 Å². The van der Waals surface area contributed by atoms with Gasteiger partial charge in [0, 0.05) is 24.6 Å². The highest BCUT2D eigenvalue weighted by Gasteiger charge is 2.11. The van der Waals surface area contributed by atoms with Gasteiger partial charge in [0.05, 0.1) is 20.6 Å². The van der Waals surface area contributed by atoms with Gasteiger partial charge >= 0.3 is 0 Å². The predicted octanol–water partition coefficient (Wildman–Crippen LogP) is 1.18. The minimum atomic E-state index is 0.494. The molecule has 0 saturated heterocycles. The van der Waals surface area contributed by atoms with E-state index in [4.69, 9.17) is 19.6 Å². The molecule has 0 aliphatic rings. The molecule has 2 N–H and O–H groups in total. The summed E-state index contributed by atoms with van der Waals surface area (Å²) in [7, 11) is 3.23. The van der Waals surface area contributed by atoms with Crippen LogP contribution in [0.1, 0.15) is 17.3 Å². The number of nitrogens with two attached hydrogens (primary N) is 1. The minimum absolute atomic E-state index is 0.494. The van der Waals surface area contributed by atoms with Crippen molar-refractivity contribution in [1.29, 1.82) is 0 Å². The van der Waals surface area contributed by atoms with Crippen LogP contribution in [0.15, 0.2) is 22.6 Å². The third kappa shape index (κ3) is 3.23. The first kappa shape index (κ1) is 13.4. The maximum absolute atomic E-state index is 5.50. The largest absolute Gasteiger partial charge is 0.497 e. The van der Waals surface area contributed by atoms with Crippen molar-refractivity contribution in [3.05, 3.63) is 35.5 Å². The number of benzene rings is 1. The molecule has 6 nitrogen and oxygen atoms in total. The molecule has 1 heterocycles. The van der Waals surface area contributed by atoms with E-state index in [2.05, 4.69) is 10.2 Å². The summed E-state index contributed by atoms with van der Waals surface area (Å²) < 4.78 is 16.0. The van der Waals surface area contributed by atoms with E-state index in [0.717, 1.165) is 17.1 Å². The maximum Gasteiger partial charge on any atom is 0.221 e. The minimum Gasteiger partial charge on any atom is -0.497 e. The summed E-state index contributed by atoms with van der Waals surface area (Å²) in [5.41, 5.74) is 6.40. The number of methoxy groups -OCH3 is 2. The molecule has 0 aliphatic carbocycles. The number of ether oxygens (including phenoxy) is 2. The number of rotatable bonds is 6. The smallest absolute Gasteiger partial charge is 0.221 e. The highest BCUT2D eigenvalue weighted by molar-refractivity contribution is 5.41. The van der Waals surface area contributed by atoms with E-state index in [0.29, 0.717) is 31.2 Å². The molecule has 0 fully saturated rings. The molecule has 1 aromatic heterocycles. The number of hydrogen-bond donors (Lipinski definition) is 1. The molecule has 1 aromatic carbocycles. The lowest BCUT2D eigenvalue weighted by Crippen LogP contribution is -2.02. The highest BCUT2D eigenvalue weighted by Crippen LogP contribution is 2.26. The molecule has 0 aliphatic heterocycles. The van der Waals surface area contributed by atoms with Gasteiger partial charge in [-0.25, -0.2) is 0 Å². The van der Waals surface area contributed by atoms with E-state index in [-0.39, 0.29) is 0 Å². The van der Waals surface area contributed by atoms with Crippen LogP contribution in [0, 0.1) is 0 Å². The number of aromatic nitrogens is 2. The summed E-state index contributed by atoms with van der Waals surface area (Å²) >= 11 is 0. The monoisotopic (exact) mass is 263 g/mol. The topological polar surface area (TPSA) is 83.4 Å². The first-order valence-electron chi connectivity index (χ1n) is 5.99. The molecule has 0 saturated carbocycles. The lowest BCUT2D eigenvalue weighted by molar-refractivity contribution is 0.389. The van der Waals surface area contributed by atoms with Crippen molar-refractivity contribution >= 4 is 0 Å². The zero-order valence-corrected chi connectivity index (χ0v) is 11.0. The molecule has 0 bridgehead atoms. The van der Waals surface area contributed by atoms with Crippen molar-refractivity contribution in [2.24, 2.45) is 5.73 Å². The molecule has 0 unspecified atom stereocenters. The van der Waals surface area contributed by atoms with Gasteiger partial charge in [-0.1, -0.05) is 6.07 Å². The molecule has 0 radical (unpaired) electrons. The Morgan fingerprint density at radius 2 is 1.95 bits per heavy atom. The Morgan fingerprint density at radius 1 is 1.16 bits per heavy atom. The summed E-state index contributed by atoms with van der Waals surface area (Å²) in [5, 5.41) is 7.92. The second-order valence-corrected chi connectivity index (χ2v) is 3.98. The molecule has 102 valence electrons. The molecule has 0 amide bonds. The van der Waals surface area contributed by atoms with Crippen LogP contribution < -0.4 is 15.2 Å². The van der Waals surface area contributed by atoms with E-state index in [1.807, 2.05) is 18.2 Å². The van der Waals surface area contributed by atoms with Gasteiger partial charge in [-0.3, -0.25) is 0 Å². The van der Waals surface area contributed by atoms with Gasteiger partial charge < -0.3 is 19.6 Å². The van der Waals surface area contributed by atoms with Crippen molar-refractivity contribution in [3.63, 3.8) is 0 Å². The Balaban J connectivity index is 2.17. The summed E-state index contributed by atoms with van der Waals surface area (Å²) in [4.78, 5) is 0. The van der Waals surface area contributed by atoms with E-state index >= 15 is 0 Å². The zero-order valence-electron chi connectivity index (χ0n) is 11.0. The van der Waals surface area contributed by atoms with Gasteiger partial charge in [-0.2, -0.15) is 0 Å². The molecule has 2 rings (SSSR count). The van der Waals surface area contributed by atoms with E-state index < -0.39 is 0 Å². The molecule has 2 aromatic rings. The van der Waals surface area contributed by atoms with Gasteiger partial charge in [-0.05, 0) is 6.07 Å². The zero-order chi connectivity index (χ0) is 13.7. The van der Waals surface area contributed by atoms with E-state index in [1.54, 1.807) is 14.2 Å². The molecular formula is C13H17N3O3. The number of hydrogen-bond acceptors (Lipinski definition) is 6. The van der Waals surface area contributed by atoms with Crippen LogP contribution in [0.3, 0.4) is 0 Å². The van der Waals surface area contributed by atoms with E-state index in [1.165, 1.54) is 0 Å². The van der Waals surface area contributed by atoms with Crippen LogP contribution >= 0.6 is 0 Å². The average molecular weight is 263 g/mol. The third-order valence-electron chi connectivity index (χ3n) is 2.70. The van der Waals surface area contributed by atoms with Crippen molar-refractivity contribution in [2.45, 2.75) is 12.8 Å². The summed E-state index contributed by atoms with van der Waals surface area (Å²) in [5.74, 6) is 2.59. The van der Waals surface area contributed by atoms with Crippen LogP contribution in [-0.2, 0) is 12.8 Å². The molecule has 19 heavy (non-hydrogen) atoms. The lowest BCUT2D eigenvalue weighted by Gasteiger charge is -2.08. The molecule has 0 atom stereocenters. The molecule has 0 spiro atoms. The van der Waals surface area contributed by atoms with Crippen molar-refractivity contribution < 1.29 is 13.9 Å². The standard InChI is InChI=1S/C13H17N3O3/c1-17-10-4-3-9(11(8-10)18-2)7-13-16-15-12(19-13)5-6-14/h3-4,8H,5-7,14H2,1-2H3. The maximum atomic E-state index is 5.50. The summed E-state index contributed by atoms with van der Waals surface area (Å²) in [6.45, 7) is 0.494. The normalized spacial score (nSPS) is 10.5. The lowest BCUT2D eigenvalue weighted by atomic mass is 10.1. The van der Waals surface area contributed by atoms with Gasteiger partial charge in [0.2, 0.25) is 11.8 Å². The van der Waals surface area contributed by atoms with Crippen molar-refractivity contribution in [2.75, 3.05) is 20.8 Å². The molecule has 6 heteroatoms. The second kappa shape index (κ2) is 6.19. The van der Waals surface area contributed by atoms with Crippen molar-refractivity contribution in [3.8, 4) is 11.5 Å². The predicted molar refractivity (Wildman–Crippen MR) is 69.4 cm³/mol. The van der Waals surface area contributed by atoms with Crippen LogP contribution in [0.25, 0.3) is 0 Å². The Bertz CT molecular complexity index is 540. The third-order valence-corrected chi connectivity index (χ3v) is 2.70. The first-order valence-corrected chi connectivity index (χ1v) is 5.99.